The van der Waals surface area contributed by atoms with Gasteiger partial charge >= 0.3 is 0 Å². The number of Topliss-reactive ketones (excluding diaryl/α,β-unsaturated/α-hetero) is 1. The average Bonchev–Trinajstić information content (AvgIpc) is 3.53. The van der Waals surface area contributed by atoms with Gasteiger partial charge in [0.1, 0.15) is 12.4 Å². The number of aliphatic hydroxyl groups excluding tert-OH is 1. The van der Waals surface area contributed by atoms with Crippen LogP contribution in [0, 0.1) is 0 Å². The Hall–Kier alpha value is -3.74. The summed E-state index contributed by atoms with van der Waals surface area (Å²) in [5, 5.41) is 10.9. The molecule has 38 heavy (non-hydrogen) atoms. The highest BCUT2D eigenvalue weighted by Crippen LogP contribution is 2.26. The summed E-state index contributed by atoms with van der Waals surface area (Å²) in [6, 6.07) is 27.3. The summed E-state index contributed by atoms with van der Waals surface area (Å²) in [4.78, 5) is 27.5. The highest BCUT2D eigenvalue weighted by Gasteiger charge is 2.19. The zero-order valence-electron chi connectivity index (χ0n) is 23.2. The van der Waals surface area contributed by atoms with E-state index in [9.17, 15) is 9.59 Å². The van der Waals surface area contributed by atoms with Crippen molar-refractivity contribution in [3.63, 3.8) is 0 Å². The standard InChI is InChI=1S/C32H33NO4S/c34-24-29(35)13-5-2-8-20-37-30-14-7-6-12-28(30)23-33(22-25-10-3-1-4-11-25)32(36)27-18-16-26(17-19-27)31-15-9-21-38-31/h1,3-4,6-7,9-12,14-19,21,34H,2,5,8,13,20,22-24H2/i22D2. The number of aliphatic hydroxyl groups is 1. The molecule has 0 radical (unpaired) electrons. The number of para-hydroxylation sites is 1. The van der Waals surface area contributed by atoms with Crippen molar-refractivity contribution in [3.8, 4) is 16.2 Å². The Labute approximate surface area is 231 Å². The first-order chi connectivity index (χ1) is 19.4. The van der Waals surface area contributed by atoms with Crippen LogP contribution in [-0.4, -0.2) is 34.9 Å². The van der Waals surface area contributed by atoms with Crippen LogP contribution in [0.15, 0.2) is 96.4 Å². The Kier molecular flexibility index (Phi) is 9.23. The monoisotopic (exact) mass is 529 g/mol. The van der Waals surface area contributed by atoms with E-state index in [0.29, 0.717) is 41.9 Å². The van der Waals surface area contributed by atoms with Crippen molar-refractivity contribution in [3.05, 3.63) is 113 Å². The quantitative estimate of drug-likeness (QED) is 0.183. The van der Waals surface area contributed by atoms with Crippen LogP contribution in [0.4, 0.5) is 0 Å². The number of benzene rings is 3. The molecule has 1 aromatic heterocycles. The van der Waals surface area contributed by atoms with Crippen LogP contribution in [-0.2, 0) is 17.8 Å². The minimum atomic E-state index is -2.09. The number of carbonyl (C=O) groups is 2. The highest BCUT2D eigenvalue weighted by molar-refractivity contribution is 7.13. The molecule has 1 amide bonds. The van der Waals surface area contributed by atoms with Gasteiger partial charge in [0, 0.05) is 35.5 Å². The summed E-state index contributed by atoms with van der Waals surface area (Å²) in [6.07, 6.45) is 2.57. The Bertz CT molecular complexity index is 1380. The lowest BCUT2D eigenvalue weighted by Crippen LogP contribution is -2.30. The van der Waals surface area contributed by atoms with Crippen molar-refractivity contribution < 1.29 is 22.2 Å². The summed E-state index contributed by atoms with van der Waals surface area (Å²) in [5.74, 6) is 0.00319. The van der Waals surface area contributed by atoms with E-state index in [4.69, 9.17) is 12.6 Å². The van der Waals surface area contributed by atoms with Crippen LogP contribution in [0.3, 0.4) is 0 Å². The minimum Gasteiger partial charge on any atom is -0.493 e. The molecule has 0 saturated carbocycles. The predicted octanol–water partition coefficient (Wildman–Crippen LogP) is 6.76. The van der Waals surface area contributed by atoms with Crippen LogP contribution in [0.1, 0.15) is 49.9 Å². The highest BCUT2D eigenvalue weighted by atomic mass is 32.1. The molecule has 3 aromatic carbocycles. The summed E-state index contributed by atoms with van der Waals surface area (Å²) in [5.41, 5.74) is 2.48. The maximum Gasteiger partial charge on any atom is 0.254 e. The first-order valence-corrected chi connectivity index (χ1v) is 13.6. The van der Waals surface area contributed by atoms with Crippen molar-refractivity contribution in [2.24, 2.45) is 0 Å². The Morgan fingerprint density at radius 2 is 1.63 bits per heavy atom. The van der Waals surface area contributed by atoms with Gasteiger partial charge in [0.05, 0.1) is 9.35 Å². The normalized spacial score (nSPS) is 11.9. The zero-order valence-corrected chi connectivity index (χ0v) is 22.0. The number of amides is 1. The van der Waals surface area contributed by atoms with Crippen molar-refractivity contribution in [2.75, 3.05) is 13.2 Å². The summed E-state index contributed by atoms with van der Waals surface area (Å²) in [7, 11) is 0. The number of thiophene rings is 1. The third kappa shape index (κ3) is 7.88. The molecule has 0 aliphatic carbocycles. The molecular weight excluding hydrogens is 494 g/mol. The Balaban J connectivity index is 1.54. The molecule has 6 heteroatoms. The van der Waals surface area contributed by atoms with Gasteiger partial charge in [-0.05, 0) is 60.0 Å². The number of hydrogen-bond acceptors (Lipinski definition) is 5. The molecule has 4 aromatic rings. The molecule has 0 aliphatic rings. The molecule has 0 bridgehead atoms. The fraction of sp³-hybridized carbons (Fsp3) is 0.250. The smallest absolute Gasteiger partial charge is 0.254 e. The molecule has 5 nitrogen and oxygen atoms in total. The van der Waals surface area contributed by atoms with Crippen LogP contribution >= 0.6 is 11.3 Å². The van der Waals surface area contributed by atoms with Crippen LogP contribution in [0.25, 0.3) is 10.4 Å². The van der Waals surface area contributed by atoms with E-state index in [0.717, 1.165) is 23.3 Å². The van der Waals surface area contributed by atoms with Gasteiger partial charge in [0.25, 0.3) is 5.91 Å². The van der Waals surface area contributed by atoms with Gasteiger partial charge in [-0.15, -0.1) is 11.3 Å². The fourth-order valence-electron chi connectivity index (χ4n) is 4.01. The SMILES string of the molecule is [2H]C([2H])(c1ccccc1)N(Cc1ccccc1OCCCCCC(=O)CO)C(=O)c1ccc(-c2cccs2)cc1. The fourth-order valence-corrected chi connectivity index (χ4v) is 4.75. The number of hydrogen-bond donors (Lipinski definition) is 1. The molecule has 0 atom stereocenters. The second-order valence-electron chi connectivity index (χ2n) is 8.89. The van der Waals surface area contributed by atoms with E-state index in [1.54, 1.807) is 47.7 Å². The summed E-state index contributed by atoms with van der Waals surface area (Å²) in [6.45, 7) is -2.08. The van der Waals surface area contributed by atoms with Gasteiger partial charge in [0.2, 0.25) is 0 Å². The van der Waals surface area contributed by atoms with Crippen LogP contribution in [0.2, 0.25) is 0 Å². The van der Waals surface area contributed by atoms with Gasteiger partial charge < -0.3 is 14.7 Å². The van der Waals surface area contributed by atoms with Crippen LogP contribution < -0.4 is 4.74 Å². The number of carbonyl (C=O) groups excluding carboxylic acids is 2. The lowest BCUT2D eigenvalue weighted by Gasteiger charge is -2.24. The third-order valence-electron chi connectivity index (χ3n) is 6.06. The number of unbranched alkanes of at least 4 members (excludes halogenated alkanes) is 2. The Morgan fingerprint density at radius 1 is 0.868 bits per heavy atom. The molecule has 1 N–H and O–H groups in total. The van der Waals surface area contributed by atoms with Crippen LogP contribution in [0.5, 0.6) is 5.75 Å². The van der Waals surface area contributed by atoms with E-state index >= 15 is 0 Å². The second-order valence-corrected chi connectivity index (χ2v) is 9.84. The zero-order chi connectivity index (χ0) is 28.4. The van der Waals surface area contributed by atoms with E-state index < -0.39 is 19.0 Å². The van der Waals surface area contributed by atoms with Gasteiger partial charge in [-0.25, -0.2) is 0 Å². The topological polar surface area (TPSA) is 66.8 Å². The van der Waals surface area contributed by atoms with Crippen molar-refractivity contribution >= 4 is 23.0 Å². The van der Waals surface area contributed by atoms with E-state index in [-0.39, 0.29) is 12.3 Å². The molecule has 0 unspecified atom stereocenters. The van der Waals surface area contributed by atoms with Gasteiger partial charge in [-0.2, -0.15) is 0 Å². The second kappa shape index (κ2) is 14.3. The number of nitrogens with zero attached hydrogens (tertiary/aromatic N) is 1. The first-order valence-electron chi connectivity index (χ1n) is 13.7. The first kappa shape index (κ1) is 24.6. The summed E-state index contributed by atoms with van der Waals surface area (Å²) < 4.78 is 24.1. The van der Waals surface area contributed by atoms with Gasteiger partial charge in [-0.3, -0.25) is 9.59 Å². The third-order valence-corrected chi connectivity index (χ3v) is 6.97. The molecule has 0 saturated heterocycles. The molecular formula is C32H33NO4S. The van der Waals surface area contributed by atoms with E-state index in [1.807, 2.05) is 60.0 Å². The largest absolute Gasteiger partial charge is 0.493 e. The minimum absolute atomic E-state index is 0.00851. The maximum absolute atomic E-state index is 13.9. The number of ether oxygens (including phenoxy) is 1. The lowest BCUT2D eigenvalue weighted by atomic mass is 10.1. The number of ketones is 1. The summed E-state index contributed by atoms with van der Waals surface area (Å²) >= 11 is 1.62. The van der Waals surface area contributed by atoms with E-state index in [2.05, 4.69) is 0 Å². The van der Waals surface area contributed by atoms with Crippen molar-refractivity contribution in [2.45, 2.75) is 38.7 Å². The van der Waals surface area contributed by atoms with Crippen molar-refractivity contribution in [1.29, 1.82) is 0 Å². The maximum atomic E-state index is 13.9. The van der Waals surface area contributed by atoms with Gasteiger partial charge in [0.15, 0.2) is 5.78 Å². The van der Waals surface area contributed by atoms with Crippen molar-refractivity contribution in [1.82, 2.24) is 4.90 Å². The van der Waals surface area contributed by atoms with E-state index in [1.165, 1.54) is 4.90 Å². The molecule has 0 spiro atoms. The Morgan fingerprint density at radius 3 is 2.37 bits per heavy atom. The number of rotatable bonds is 14. The molecule has 196 valence electrons. The molecule has 0 fully saturated rings. The molecule has 0 aliphatic heterocycles. The van der Waals surface area contributed by atoms with Gasteiger partial charge in [-0.1, -0.05) is 66.7 Å². The predicted molar refractivity (Wildman–Crippen MR) is 152 cm³/mol. The lowest BCUT2D eigenvalue weighted by molar-refractivity contribution is -0.121. The average molecular weight is 530 g/mol. The molecule has 4 rings (SSSR count). The molecule has 1 heterocycles.